The normalized spacial score (nSPS) is 10.5. The van der Waals surface area contributed by atoms with Crippen LogP contribution in [0.5, 0.6) is 11.5 Å². The highest BCUT2D eigenvalue weighted by atomic mass is 79.9. The van der Waals surface area contributed by atoms with E-state index in [9.17, 15) is 10.1 Å². The summed E-state index contributed by atoms with van der Waals surface area (Å²) in [6.07, 6.45) is 0. The summed E-state index contributed by atoms with van der Waals surface area (Å²) < 4.78 is 6.43. The zero-order chi connectivity index (χ0) is 15.6. The molecule has 0 heterocycles. The molecule has 0 unspecified atom stereocenters. The van der Waals surface area contributed by atoms with Crippen molar-refractivity contribution in [3.63, 3.8) is 0 Å². The van der Waals surface area contributed by atoms with Crippen molar-refractivity contribution in [1.29, 1.82) is 0 Å². The Balaban J connectivity index is 2.48. The smallest absolute Gasteiger partial charge is 0.313 e. The Morgan fingerprint density at radius 2 is 1.86 bits per heavy atom. The molecule has 0 aromatic heterocycles. The standard InChI is InChI=1S/C13H9BrCl2N2O3/c14-8-1-2-12(7(3-8)6-17)21-13-5-10(16)9(15)4-11(13)18(19)20/h1-5H,6,17H2. The molecule has 8 heteroatoms. The zero-order valence-corrected chi connectivity index (χ0v) is 13.6. The van der Waals surface area contributed by atoms with E-state index in [1.165, 1.54) is 6.07 Å². The predicted molar refractivity (Wildman–Crippen MR) is 85.2 cm³/mol. The maximum atomic E-state index is 11.1. The van der Waals surface area contributed by atoms with E-state index in [0.717, 1.165) is 10.5 Å². The van der Waals surface area contributed by atoms with Gasteiger partial charge in [-0.05, 0) is 18.2 Å². The number of nitro benzene ring substituents is 1. The first-order valence-corrected chi connectivity index (χ1v) is 7.27. The van der Waals surface area contributed by atoms with E-state index in [1.807, 2.05) is 0 Å². The second kappa shape index (κ2) is 6.62. The fraction of sp³-hybridized carbons (Fsp3) is 0.0769. The van der Waals surface area contributed by atoms with Crippen LogP contribution in [0.15, 0.2) is 34.8 Å². The monoisotopic (exact) mass is 390 g/mol. The van der Waals surface area contributed by atoms with Crippen molar-refractivity contribution in [2.24, 2.45) is 5.73 Å². The minimum Gasteiger partial charge on any atom is -0.450 e. The van der Waals surface area contributed by atoms with E-state index in [4.69, 9.17) is 33.7 Å². The average Bonchev–Trinajstić information content (AvgIpc) is 2.44. The fourth-order valence-electron chi connectivity index (χ4n) is 1.67. The van der Waals surface area contributed by atoms with Crippen LogP contribution in [0.25, 0.3) is 0 Å². The van der Waals surface area contributed by atoms with Crippen LogP contribution < -0.4 is 10.5 Å². The average molecular weight is 392 g/mol. The Labute approximate surface area is 138 Å². The Morgan fingerprint density at radius 1 is 1.19 bits per heavy atom. The minimum absolute atomic E-state index is 0.00595. The topological polar surface area (TPSA) is 78.4 Å². The second-order valence-corrected chi connectivity index (χ2v) is 5.78. The summed E-state index contributed by atoms with van der Waals surface area (Å²) in [5.74, 6) is 0.425. The minimum atomic E-state index is -0.585. The van der Waals surface area contributed by atoms with Crippen molar-refractivity contribution in [2.75, 3.05) is 0 Å². The summed E-state index contributed by atoms with van der Waals surface area (Å²) in [6.45, 7) is 0.226. The first-order chi connectivity index (χ1) is 9.92. The highest BCUT2D eigenvalue weighted by molar-refractivity contribution is 9.10. The van der Waals surface area contributed by atoms with Crippen molar-refractivity contribution in [3.05, 3.63) is 60.5 Å². The van der Waals surface area contributed by atoms with Gasteiger partial charge in [0.15, 0.2) is 0 Å². The number of nitrogens with two attached hydrogens (primary N) is 1. The number of nitrogens with zero attached hydrogens (tertiary/aromatic N) is 1. The third-order valence-electron chi connectivity index (χ3n) is 2.66. The molecule has 0 bridgehead atoms. The molecule has 2 rings (SSSR count). The number of hydrogen-bond acceptors (Lipinski definition) is 4. The lowest BCUT2D eigenvalue weighted by atomic mass is 10.2. The largest absolute Gasteiger partial charge is 0.450 e. The number of benzene rings is 2. The van der Waals surface area contributed by atoms with Crippen LogP contribution in [0, 0.1) is 10.1 Å². The van der Waals surface area contributed by atoms with Gasteiger partial charge in [-0.1, -0.05) is 39.1 Å². The maximum Gasteiger partial charge on any atom is 0.313 e. The molecular formula is C13H9BrCl2N2O3. The van der Waals surface area contributed by atoms with Gasteiger partial charge in [0.2, 0.25) is 5.75 Å². The molecule has 21 heavy (non-hydrogen) atoms. The van der Waals surface area contributed by atoms with Gasteiger partial charge in [-0.25, -0.2) is 0 Å². The molecule has 2 aromatic rings. The van der Waals surface area contributed by atoms with Crippen LogP contribution >= 0.6 is 39.1 Å². The predicted octanol–water partition coefficient (Wildman–Crippen LogP) is 4.92. The maximum absolute atomic E-state index is 11.1. The summed E-state index contributed by atoms with van der Waals surface area (Å²) in [5, 5.41) is 11.3. The van der Waals surface area contributed by atoms with E-state index in [-0.39, 0.29) is 28.0 Å². The molecule has 0 amide bonds. The zero-order valence-electron chi connectivity index (χ0n) is 10.5. The Morgan fingerprint density at radius 3 is 2.48 bits per heavy atom. The molecule has 2 aromatic carbocycles. The van der Waals surface area contributed by atoms with Gasteiger partial charge in [-0.3, -0.25) is 10.1 Å². The molecule has 0 aliphatic carbocycles. The fourth-order valence-corrected chi connectivity index (χ4v) is 2.39. The van der Waals surface area contributed by atoms with Crippen molar-refractivity contribution in [1.82, 2.24) is 0 Å². The molecule has 110 valence electrons. The molecule has 2 N–H and O–H groups in total. The van der Waals surface area contributed by atoms with Crippen LogP contribution in [-0.2, 0) is 6.54 Å². The molecule has 0 fully saturated rings. The number of nitro groups is 1. The van der Waals surface area contributed by atoms with Crippen LogP contribution in [0.1, 0.15) is 5.56 Å². The van der Waals surface area contributed by atoms with Crippen molar-refractivity contribution < 1.29 is 9.66 Å². The van der Waals surface area contributed by atoms with Gasteiger partial charge in [0.05, 0.1) is 15.0 Å². The molecule has 0 radical (unpaired) electrons. The van der Waals surface area contributed by atoms with E-state index in [1.54, 1.807) is 18.2 Å². The number of hydrogen-bond donors (Lipinski definition) is 1. The summed E-state index contributed by atoms with van der Waals surface area (Å²) in [6, 6.07) is 7.65. The third-order valence-corrected chi connectivity index (χ3v) is 3.88. The summed E-state index contributed by atoms with van der Waals surface area (Å²) in [5.41, 5.74) is 6.07. The Hall–Kier alpha value is -1.34. The van der Waals surface area contributed by atoms with Crippen LogP contribution in [0.3, 0.4) is 0 Å². The van der Waals surface area contributed by atoms with Gasteiger partial charge in [-0.2, -0.15) is 0 Å². The van der Waals surface area contributed by atoms with Gasteiger partial charge >= 0.3 is 5.69 Å². The van der Waals surface area contributed by atoms with Gasteiger partial charge in [0, 0.05) is 28.7 Å². The first-order valence-electron chi connectivity index (χ1n) is 5.72. The Bertz CT molecular complexity index is 710. The molecule has 0 aliphatic rings. The van der Waals surface area contributed by atoms with Gasteiger partial charge in [0.25, 0.3) is 0 Å². The summed E-state index contributed by atoms with van der Waals surface area (Å²) in [7, 11) is 0. The van der Waals surface area contributed by atoms with Crippen LogP contribution in [0.2, 0.25) is 10.0 Å². The van der Waals surface area contributed by atoms with E-state index in [0.29, 0.717) is 11.3 Å². The second-order valence-electron chi connectivity index (χ2n) is 4.05. The number of rotatable bonds is 4. The molecule has 0 atom stereocenters. The van der Waals surface area contributed by atoms with Crippen molar-refractivity contribution >= 4 is 44.8 Å². The highest BCUT2D eigenvalue weighted by Crippen LogP contribution is 2.39. The SMILES string of the molecule is NCc1cc(Br)ccc1Oc1cc(Cl)c(Cl)cc1[N+](=O)[O-]. The van der Waals surface area contributed by atoms with E-state index >= 15 is 0 Å². The number of halogens is 3. The Kier molecular flexibility index (Phi) is 5.05. The summed E-state index contributed by atoms with van der Waals surface area (Å²) >= 11 is 15.0. The quantitative estimate of drug-likeness (QED) is 0.592. The first kappa shape index (κ1) is 16.0. The lowest BCUT2D eigenvalue weighted by Gasteiger charge is -2.11. The van der Waals surface area contributed by atoms with Crippen LogP contribution in [0.4, 0.5) is 5.69 Å². The highest BCUT2D eigenvalue weighted by Gasteiger charge is 2.20. The van der Waals surface area contributed by atoms with E-state index in [2.05, 4.69) is 15.9 Å². The van der Waals surface area contributed by atoms with Gasteiger partial charge in [-0.15, -0.1) is 0 Å². The molecule has 0 spiro atoms. The van der Waals surface area contributed by atoms with Crippen LogP contribution in [-0.4, -0.2) is 4.92 Å². The molecular weight excluding hydrogens is 383 g/mol. The lowest BCUT2D eigenvalue weighted by Crippen LogP contribution is -2.01. The molecule has 0 saturated heterocycles. The summed E-state index contributed by atoms with van der Waals surface area (Å²) in [4.78, 5) is 10.5. The van der Waals surface area contributed by atoms with Crippen molar-refractivity contribution in [3.8, 4) is 11.5 Å². The third kappa shape index (κ3) is 3.65. The molecule has 0 aliphatic heterocycles. The van der Waals surface area contributed by atoms with Gasteiger partial charge < -0.3 is 10.5 Å². The lowest BCUT2D eigenvalue weighted by molar-refractivity contribution is -0.385. The molecule has 0 saturated carbocycles. The molecule has 5 nitrogen and oxygen atoms in total. The van der Waals surface area contributed by atoms with Gasteiger partial charge in [0.1, 0.15) is 5.75 Å². The number of ether oxygens (including phenoxy) is 1. The van der Waals surface area contributed by atoms with Crippen molar-refractivity contribution in [2.45, 2.75) is 6.54 Å². The van der Waals surface area contributed by atoms with E-state index < -0.39 is 4.92 Å².